The highest BCUT2D eigenvalue weighted by Gasteiger charge is 2.32. The largest absolute Gasteiger partial charge is 0.417 e. The van der Waals surface area contributed by atoms with Crippen LogP contribution in [0.15, 0.2) is 67.3 Å². The van der Waals surface area contributed by atoms with E-state index < -0.39 is 23.5 Å². The molecule has 38 heavy (non-hydrogen) atoms. The summed E-state index contributed by atoms with van der Waals surface area (Å²) in [5, 5.41) is 12.6. The summed E-state index contributed by atoms with van der Waals surface area (Å²) in [7, 11) is 0. The molecule has 0 radical (unpaired) electrons. The summed E-state index contributed by atoms with van der Waals surface area (Å²) >= 11 is 0. The molecule has 9 nitrogen and oxygen atoms in total. The summed E-state index contributed by atoms with van der Waals surface area (Å²) in [5.41, 5.74) is 7.40. The Morgan fingerprint density at radius 2 is 1.76 bits per heavy atom. The van der Waals surface area contributed by atoms with Gasteiger partial charge in [-0.25, -0.2) is 14.4 Å². The fourth-order valence-electron chi connectivity index (χ4n) is 3.69. The lowest BCUT2D eigenvalue weighted by Crippen LogP contribution is -2.18. The highest BCUT2D eigenvalue weighted by Crippen LogP contribution is 2.31. The first-order chi connectivity index (χ1) is 18.2. The molecule has 0 saturated carbocycles. The molecule has 5 rings (SSSR count). The standard InChI is InChI=1S/C25H18F4N8O/c26-17-7-18(12-31-11-17)35-24(38)20-6-16(25(27,28)29)10-34-22(20)32-8-13-1-3-14(4-2-13)15-5-19-21(30)36-37-23(19)33-9-15/h1-7,9-12H,8H2,(H,32,34)(H,35,38)(H3,30,33,36,37). The molecule has 0 unspecified atom stereocenters. The molecular formula is C25H18F4N8O. The van der Waals surface area contributed by atoms with E-state index in [4.69, 9.17) is 5.73 Å². The Morgan fingerprint density at radius 1 is 0.974 bits per heavy atom. The van der Waals surface area contributed by atoms with Gasteiger partial charge in [0.25, 0.3) is 5.91 Å². The summed E-state index contributed by atoms with van der Waals surface area (Å²) < 4.78 is 53.3. The number of carbonyl (C=O) groups is 1. The molecule has 5 aromatic rings. The number of aromatic nitrogens is 5. The lowest BCUT2D eigenvalue weighted by molar-refractivity contribution is -0.137. The van der Waals surface area contributed by atoms with E-state index in [-0.39, 0.29) is 23.6 Å². The number of fused-ring (bicyclic) bond motifs is 1. The molecular weight excluding hydrogens is 504 g/mol. The Labute approximate surface area is 212 Å². The quantitative estimate of drug-likeness (QED) is 0.230. The van der Waals surface area contributed by atoms with Crippen molar-refractivity contribution in [3.63, 3.8) is 0 Å². The zero-order valence-electron chi connectivity index (χ0n) is 19.3. The maximum absolute atomic E-state index is 13.4. The first kappa shape index (κ1) is 24.6. The molecule has 0 bridgehead atoms. The summed E-state index contributed by atoms with van der Waals surface area (Å²) in [6, 6.07) is 10.9. The van der Waals surface area contributed by atoms with Gasteiger partial charge in [0.2, 0.25) is 0 Å². The van der Waals surface area contributed by atoms with Crippen LogP contribution in [0.1, 0.15) is 21.5 Å². The van der Waals surface area contributed by atoms with Gasteiger partial charge in [0.15, 0.2) is 11.5 Å². The molecule has 13 heteroatoms. The van der Waals surface area contributed by atoms with E-state index in [2.05, 4.69) is 35.8 Å². The van der Waals surface area contributed by atoms with E-state index in [1.807, 2.05) is 30.3 Å². The van der Waals surface area contributed by atoms with Gasteiger partial charge in [0, 0.05) is 30.6 Å². The molecule has 1 aromatic carbocycles. The third-order valence-electron chi connectivity index (χ3n) is 5.62. The van der Waals surface area contributed by atoms with Crippen LogP contribution in [-0.4, -0.2) is 31.1 Å². The molecule has 0 aliphatic carbocycles. The minimum Gasteiger partial charge on any atom is -0.382 e. The van der Waals surface area contributed by atoms with Crippen LogP contribution in [-0.2, 0) is 12.7 Å². The topological polar surface area (TPSA) is 134 Å². The predicted molar refractivity (Wildman–Crippen MR) is 132 cm³/mol. The van der Waals surface area contributed by atoms with Crippen molar-refractivity contribution in [2.24, 2.45) is 0 Å². The highest BCUT2D eigenvalue weighted by molar-refractivity contribution is 6.07. The van der Waals surface area contributed by atoms with E-state index in [0.717, 1.165) is 29.0 Å². The van der Waals surface area contributed by atoms with Crippen molar-refractivity contribution < 1.29 is 22.4 Å². The van der Waals surface area contributed by atoms with Gasteiger partial charge < -0.3 is 16.4 Å². The first-order valence-corrected chi connectivity index (χ1v) is 11.1. The first-order valence-electron chi connectivity index (χ1n) is 11.1. The molecule has 4 aromatic heterocycles. The maximum Gasteiger partial charge on any atom is 0.417 e. The van der Waals surface area contributed by atoms with Crippen molar-refractivity contribution >= 4 is 34.3 Å². The van der Waals surface area contributed by atoms with Gasteiger partial charge in [0.1, 0.15) is 11.6 Å². The predicted octanol–water partition coefficient (Wildman–Crippen LogP) is 5.02. The maximum atomic E-state index is 13.4. The average Bonchev–Trinajstić information content (AvgIpc) is 3.27. The van der Waals surface area contributed by atoms with Gasteiger partial charge in [-0.05, 0) is 23.3 Å². The van der Waals surface area contributed by atoms with Gasteiger partial charge in [0.05, 0.1) is 34.6 Å². The number of nitrogen functional groups attached to an aromatic ring is 1. The molecule has 0 saturated heterocycles. The number of amides is 1. The second-order valence-corrected chi connectivity index (χ2v) is 8.24. The van der Waals surface area contributed by atoms with Gasteiger partial charge >= 0.3 is 6.18 Å². The van der Waals surface area contributed by atoms with Crippen LogP contribution in [0.3, 0.4) is 0 Å². The summed E-state index contributed by atoms with van der Waals surface area (Å²) in [4.78, 5) is 24.5. The second kappa shape index (κ2) is 9.76. The number of nitrogens with one attached hydrogen (secondary N) is 3. The second-order valence-electron chi connectivity index (χ2n) is 8.24. The number of pyridine rings is 3. The molecule has 4 heterocycles. The summed E-state index contributed by atoms with van der Waals surface area (Å²) in [6.45, 7) is 0.159. The Bertz CT molecular complexity index is 1630. The number of hydrogen-bond donors (Lipinski definition) is 4. The van der Waals surface area contributed by atoms with Gasteiger partial charge in [-0.3, -0.25) is 14.9 Å². The number of halogens is 4. The fourth-order valence-corrected chi connectivity index (χ4v) is 3.69. The SMILES string of the molecule is Nc1n[nH]c2ncc(-c3ccc(CNc4ncc(C(F)(F)F)cc4C(=O)Nc4cncc(F)c4)cc3)cc12. The van der Waals surface area contributed by atoms with Crippen LogP contribution in [0.2, 0.25) is 0 Å². The van der Waals surface area contributed by atoms with Gasteiger partial charge in [-0.2, -0.15) is 18.3 Å². The Hall–Kier alpha value is -5.07. The van der Waals surface area contributed by atoms with Crippen LogP contribution >= 0.6 is 0 Å². The normalized spacial score (nSPS) is 11.5. The summed E-state index contributed by atoms with van der Waals surface area (Å²) in [6.07, 6.45) is -0.294. The van der Waals surface area contributed by atoms with Crippen molar-refractivity contribution in [2.75, 3.05) is 16.4 Å². The van der Waals surface area contributed by atoms with E-state index in [1.165, 1.54) is 6.20 Å². The zero-order valence-corrected chi connectivity index (χ0v) is 19.3. The number of benzene rings is 1. The molecule has 0 fully saturated rings. The third kappa shape index (κ3) is 5.21. The Kier molecular flexibility index (Phi) is 6.33. The molecule has 0 spiro atoms. The van der Waals surface area contributed by atoms with Crippen molar-refractivity contribution in [2.45, 2.75) is 12.7 Å². The Morgan fingerprint density at radius 3 is 2.50 bits per heavy atom. The highest BCUT2D eigenvalue weighted by atomic mass is 19.4. The van der Waals surface area contributed by atoms with Crippen molar-refractivity contribution in [1.29, 1.82) is 0 Å². The van der Waals surface area contributed by atoms with Crippen LogP contribution in [0.4, 0.5) is 34.9 Å². The smallest absolute Gasteiger partial charge is 0.382 e. The van der Waals surface area contributed by atoms with Gasteiger partial charge in [-0.15, -0.1) is 0 Å². The van der Waals surface area contributed by atoms with Crippen LogP contribution in [0.25, 0.3) is 22.2 Å². The lowest BCUT2D eigenvalue weighted by atomic mass is 10.0. The number of nitrogens with two attached hydrogens (primary N) is 1. The number of rotatable bonds is 6. The number of hydrogen-bond acceptors (Lipinski definition) is 7. The van der Waals surface area contributed by atoms with Gasteiger partial charge in [-0.1, -0.05) is 24.3 Å². The van der Waals surface area contributed by atoms with E-state index in [9.17, 15) is 22.4 Å². The number of anilines is 3. The molecule has 5 N–H and O–H groups in total. The monoisotopic (exact) mass is 522 g/mol. The molecule has 192 valence electrons. The lowest BCUT2D eigenvalue weighted by Gasteiger charge is -2.14. The average molecular weight is 522 g/mol. The number of nitrogens with zero attached hydrogens (tertiary/aromatic N) is 4. The van der Waals surface area contributed by atoms with E-state index in [1.54, 1.807) is 6.20 Å². The number of aromatic amines is 1. The molecule has 1 amide bonds. The minimum atomic E-state index is -4.71. The van der Waals surface area contributed by atoms with Crippen molar-refractivity contribution in [3.05, 3.63) is 89.8 Å². The van der Waals surface area contributed by atoms with Crippen molar-refractivity contribution in [3.8, 4) is 11.1 Å². The zero-order chi connectivity index (χ0) is 26.9. The summed E-state index contributed by atoms with van der Waals surface area (Å²) in [5.74, 6) is -1.35. The number of H-pyrrole nitrogens is 1. The fraction of sp³-hybridized carbons (Fsp3) is 0.0800. The van der Waals surface area contributed by atoms with Crippen molar-refractivity contribution in [1.82, 2.24) is 25.1 Å². The third-order valence-corrected chi connectivity index (χ3v) is 5.62. The number of carbonyl (C=O) groups excluding carboxylic acids is 1. The van der Waals surface area contributed by atoms with Crippen LogP contribution in [0.5, 0.6) is 0 Å². The molecule has 0 aliphatic rings. The number of alkyl halides is 3. The van der Waals surface area contributed by atoms with Crippen LogP contribution in [0, 0.1) is 5.82 Å². The Balaban J connectivity index is 1.36. The van der Waals surface area contributed by atoms with E-state index >= 15 is 0 Å². The van der Waals surface area contributed by atoms with Crippen LogP contribution < -0.4 is 16.4 Å². The van der Waals surface area contributed by atoms with E-state index in [0.29, 0.717) is 29.1 Å². The minimum absolute atomic E-state index is 0.0150. The molecule has 0 atom stereocenters. The molecule has 0 aliphatic heterocycles.